The van der Waals surface area contributed by atoms with Gasteiger partial charge in [0.15, 0.2) is 16.7 Å². The van der Waals surface area contributed by atoms with E-state index in [9.17, 15) is 9.59 Å². The molecule has 1 fully saturated rings. The summed E-state index contributed by atoms with van der Waals surface area (Å²) in [7, 11) is 0. The largest absolute Gasteiger partial charge is 0.461 e. The molecule has 0 saturated heterocycles. The van der Waals surface area contributed by atoms with Gasteiger partial charge in [0, 0.05) is 13.0 Å². The van der Waals surface area contributed by atoms with Crippen LogP contribution in [0.15, 0.2) is 28.0 Å². The van der Waals surface area contributed by atoms with Crippen LogP contribution in [0.4, 0.5) is 0 Å². The van der Waals surface area contributed by atoms with Crippen molar-refractivity contribution in [3.05, 3.63) is 18.4 Å². The van der Waals surface area contributed by atoms with E-state index in [2.05, 4.69) is 31.0 Å². The highest BCUT2D eigenvalue weighted by atomic mass is 32.2. The molecule has 3 rings (SSSR count). The maximum atomic E-state index is 12.6. The molecule has 1 aliphatic carbocycles. The van der Waals surface area contributed by atoms with Crippen molar-refractivity contribution < 1.29 is 18.7 Å². The number of primary amides is 1. The van der Waals surface area contributed by atoms with Crippen molar-refractivity contribution in [1.29, 1.82) is 0 Å². The van der Waals surface area contributed by atoms with Crippen LogP contribution in [0.2, 0.25) is 0 Å². The zero-order valence-electron chi connectivity index (χ0n) is 17.7. The molecule has 1 amide bonds. The topological polar surface area (TPSA) is 113 Å². The lowest BCUT2D eigenvalue weighted by Crippen LogP contribution is -2.36. The predicted molar refractivity (Wildman–Crippen MR) is 113 cm³/mol. The first kappa shape index (κ1) is 22.4. The number of hydrogen-bond donors (Lipinski definition) is 1. The Morgan fingerprint density at radius 1 is 1.37 bits per heavy atom. The molecule has 2 heterocycles. The van der Waals surface area contributed by atoms with E-state index in [-0.39, 0.29) is 24.2 Å². The number of amides is 1. The van der Waals surface area contributed by atoms with Gasteiger partial charge < -0.3 is 14.9 Å². The molecule has 0 radical (unpaired) electrons. The van der Waals surface area contributed by atoms with Gasteiger partial charge in [-0.2, -0.15) is 0 Å². The first-order valence-corrected chi connectivity index (χ1v) is 11.4. The van der Waals surface area contributed by atoms with Gasteiger partial charge in [-0.3, -0.25) is 14.2 Å². The Kier molecular flexibility index (Phi) is 7.58. The molecule has 0 spiro atoms. The van der Waals surface area contributed by atoms with Crippen LogP contribution in [-0.4, -0.2) is 38.5 Å². The molecule has 0 bridgehead atoms. The molecule has 3 atom stereocenters. The van der Waals surface area contributed by atoms with E-state index in [1.54, 1.807) is 23.0 Å². The van der Waals surface area contributed by atoms with Crippen molar-refractivity contribution in [2.75, 3.05) is 5.75 Å². The Labute approximate surface area is 180 Å². The van der Waals surface area contributed by atoms with Crippen LogP contribution in [0, 0.1) is 17.8 Å². The van der Waals surface area contributed by atoms with Gasteiger partial charge in [-0.25, -0.2) is 0 Å². The maximum absolute atomic E-state index is 12.6. The standard InChI is InChI=1S/C21H30N4O4S/c1-13(2)15-7-6-14(3)11-17(15)29-19(27)12-30-21-24-23-20(16-5-4-10-28-16)25(21)9-8-18(22)26/h4-5,10,13-15,17H,6-9,11-12H2,1-3H3,(H2,22,26). The number of rotatable bonds is 9. The van der Waals surface area contributed by atoms with E-state index in [4.69, 9.17) is 14.9 Å². The molecule has 3 unspecified atom stereocenters. The lowest BCUT2D eigenvalue weighted by Gasteiger charge is -2.36. The highest BCUT2D eigenvalue weighted by Gasteiger charge is 2.33. The number of carbonyl (C=O) groups is 2. The van der Waals surface area contributed by atoms with Gasteiger partial charge in [0.25, 0.3) is 0 Å². The lowest BCUT2D eigenvalue weighted by atomic mass is 9.75. The molecule has 1 saturated carbocycles. The van der Waals surface area contributed by atoms with Crippen molar-refractivity contribution in [3.63, 3.8) is 0 Å². The molecule has 2 N–H and O–H groups in total. The number of hydrogen-bond acceptors (Lipinski definition) is 7. The van der Waals surface area contributed by atoms with Crippen molar-refractivity contribution in [2.24, 2.45) is 23.5 Å². The lowest BCUT2D eigenvalue weighted by molar-refractivity contribution is -0.152. The highest BCUT2D eigenvalue weighted by molar-refractivity contribution is 7.99. The summed E-state index contributed by atoms with van der Waals surface area (Å²) in [6.07, 6.45) is 4.84. The summed E-state index contributed by atoms with van der Waals surface area (Å²) in [4.78, 5) is 23.8. The Morgan fingerprint density at radius 2 is 2.17 bits per heavy atom. The molecule has 2 aromatic heterocycles. The minimum atomic E-state index is -0.421. The molecule has 30 heavy (non-hydrogen) atoms. The van der Waals surface area contributed by atoms with E-state index >= 15 is 0 Å². The summed E-state index contributed by atoms with van der Waals surface area (Å²) in [6, 6.07) is 3.52. The molecular formula is C21H30N4O4S. The molecule has 0 aliphatic heterocycles. The van der Waals surface area contributed by atoms with Crippen LogP contribution in [0.3, 0.4) is 0 Å². The fourth-order valence-electron chi connectivity index (χ4n) is 3.98. The second-order valence-corrected chi connectivity index (χ2v) is 9.24. The van der Waals surface area contributed by atoms with Crippen LogP contribution < -0.4 is 5.73 Å². The number of carbonyl (C=O) groups excluding carboxylic acids is 2. The molecule has 9 heteroatoms. The number of furan rings is 1. The molecule has 2 aromatic rings. The SMILES string of the molecule is CC1CCC(C(C)C)C(OC(=O)CSc2nnc(-c3ccco3)n2CCC(N)=O)C1. The number of ether oxygens (including phenoxy) is 1. The molecule has 1 aliphatic rings. The van der Waals surface area contributed by atoms with Gasteiger partial charge in [-0.05, 0) is 42.7 Å². The summed E-state index contributed by atoms with van der Waals surface area (Å²) in [6.45, 7) is 6.90. The Bertz CT molecular complexity index is 849. The fraction of sp³-hybridized carbons (Fsp3) is 0.619. The fourth-order valence-corrected chi connectivity index (χ4v) is 4.73. The summed E-state index contributed by atoms with van der Waals surface area (Å²) >= 11 is 1.24. The minimum Gasteiger partial charge on any atom is -0.461 e. The number of nitrogens with two attached hydrogens (primary N) is 1. The van der Waals surface area contributed by atoms with Crippen LogP contribution >= 0.6 is 11.8 Å². The van der Waals surface area contributed by atoms with Crippen molar-refractivity contribution in [2.45, 2.75) is 64.3 Å². The number of esters is 1. The average Bonchev–Trinajstić information content (AvgIpc) is 3.34. The number of aromatic nitrogens is 3. The summed E-state index contributed by atoms with van der Waals surface area (Å²) in [5, 5.41) is 8.87. The molecular weight excluding hydrogens is 404 g/mol. The zero-order valence-corrected chi connectivity index (χ0v) is 18.6. The van der Waals surface area contributed by atoms with E-state index in [0.717, 1.165) is 12.8 Å². The van der Waals surface area contributed by atoms with E-state index in [0.29, 0.717) is 41.0 Å². The van der Waals surface area contributed by atoms with Gasteiger partial charge in [-0.1, -0.05) is 39.0 Å². The highest BCUT2D eigenvalue weighted by Crippen LogP contribution is 2.35. The van der Waals surface area contributed by atoms with Crippen LogP contribution in [0.25, 0.3) is 11.6 Å². The Morgan fingerprint density at radius 3 is 2.83 bits per heavy atom. The predicted octanol–water partition coefficient (Wildman–Crippen LogP) is 3.51. The van der Waals surface area contributed by atoms with Crippen molar-refractivity contribution >= 4 is 23.6 Å². The molecule has 8 nitrogen and oxygen atoms in total. The minimum absolute atomic E-state index is 0.0340. The van der Waals surface area contributed by atoms with Crippen molar-refractivity contribution in [1.82, 2.24) is 14.8 Å². The van der Waals surface area contributed by atoms with E-state index < -0.39 is 5.91 Å². The van der Waals surface area contributed by atoms with E-state index in [1.807, 2.05) is 0 Å². The van der Waals surface area contributed by atoms with Crippen LogP contribution in [0.5, 0.6) is 0 Å². The van der Waals surface area contributed by atoms with Crippen LogP contribution in [0.1, 0.15) is 46.5 Å². The number of thioether (sulfide) groups is 1. The first-order valence-electron chi connectivity index (χ1n) is 10.4. The van der Waals surface area contributed by atoms with Crippen LogP contribution in [-0.2, 0) is 20.9 Å². The summed E-state index contributed by atoms with van der Waals surface area (Å²) in [5.41, 5.74) is 5.31. The average molecular weight is 435 g/mol. The van der Waals surface area contributed by atoms with Gasteiger partial charge >= 0.3 is 5.97 Å². The molecule has 164 valence electrons. The number of nitrogens with zero attached hydrogens (tertiary/aromatic N) is 3. The Hall–Kier alpha value is -2.29. The third-order valence-corrected chi connectivity index (χ3v) is 6.54. The third-order valence-electron chi connectivity index (χ3n) is 5.60. The quantitative estimate of drug-likeness (QED) is 0.474. The van der Waals surface area contributed by atoms with Gasteiger partial charge in [0.1, 0.15) is 6.10 Å². The van der Waals surface area contributed by atoms with Gasteiger partial charge in [0.05, 0.1) is 12.0 Å². The molecule has 0 aromatic carbocycles. The first-order chi connectivity index (χ1) is 14.3. The summed E-state index contributed by atoms with van der Waals surface area (Å²) < 4.78 is 13.0. The van der Waals surface area contributed by atoms with Crippen molar-refractivity contribution in [3.8, 4) is 11.6 Å². The third kappa shape index (κ3) is 5.65. The van der Waals surface area contributed by atoms with Gasteiger partial charge in [-0.15, -0.1) is 10.2 Å². The normalized spacial score (nSPS) is 21.7. The zero-order chi connectivity index (χ0) is 21.7. The van der Waals surface area contributed by atoms with E-state index in [1.165, 1.54) is 18.2 Å². The van der Waals surface area contributed by atoms with Gasteiger partial charge in [0.2, 0.25) is 5.91 Å². The second kappa shape index (κ2) is 10.1. The smallest absolute Gasteiger partial charge is 0.316 e. The maximum Gasteiger partial charge on any atom is 0.316 e. The summed E-state index contributed by atoms with van der Waals surface area (Å²) in [5.74, 6) is 1.94. The Balaban J connectivity index is 1.65. The second-order valence-electron chi connectivity index (χ2n) is 8.29. The monoisotopic (exact) mass is 434 g/mol.